The predicted molar refractivity (Wildman–Crippen MR) is 123 cm³/mol. The van der Waals surface area contributed by atoms with Crippen molar-refractivity contribution in [3.8, 4) is 0 Å². The second-order valence-corrected chi connectivity index (χ2v) is 7.70. The minimum atomic E-state index is -0.799. The minimum Gasteiger partial charge on any atom is -0.465 e. The normalized spacial score (nSPS) is 15.3. The number of nitrogens with zero attached hydrogens (tertiary/aromatic N) is 2. The highest BCUT2D eigenvalue weighted by Crippen LogP contribution is 2.30. The molecule has 1 N–H and O–H groups in total. The third kappa shape index (κ3) is 4.03. The van der Waals surface area contributed by atoms with Crippen LogP contribution in [0.2, 0.25) is 0 Å². The highest BCUT2D eigenvalue weighted by Gasteiger charge is 2.37. The Morgan fingerprint density at radius 2 is 1.73 bits per heavy atom. The number of fused-ring (bicyclic) bond motifs is 1. The van der Waals surface area contributed by atoms with Crippen LogP contribution in [-0.4, -0.2) is 35.0 Å². The molecule has 4 rings (SSSR count). The zero-order valence-corrected chi connectivity index (χ0v) is 18.5. The van der Waals surface area contributed by atoms with Crippen molar-refractivity contribution in [2.75, 3.05) is 11.5 Å². The van der Waals surface area contributed by atoms with E-state index in [2.05, 4.69) is 5.32 Å². The third-order valence-electron chi connectivity index (χ3n) is 5.55. The van der Waals surface area contributed by atoms with Crippen LogP contribution in [0.25, 0.3) is 17.0 Å². The Kier molecular flexibility index (Phi) is 5.83. The number of esters is 1. The van der Waals surface area contributed by atoms with Crippen LogP contribution in [0.1, 0.15) is 23.7 Å². The fourth-order valence-electron chi connectivity index (χ4n) is 3.91. The molecule has 3 aromatic rings. The molecule has 2 aromatic carbocycles. The number of benzene rings is 2. The average molecular weight is 445 g/mol. The largest absolute Gasteiger partial charge is 0.465 e. The van der Waals surface area contributed by atoms with Gasteiger partial charge in [0.25, 0.3) is 11.8 Å². The maximum absolute atomic E-state index is 13.2. The number of para-hydroxylation sites is 1. The second-order valence-electron chi connectivity index (χ2n) is 7.70. The zero-order valence-electron chi connectivity index (χ0n) is 18.5. The van der Waals surface area contributed by atoms with Gasteiger partial charge in [-0.2, -0.15) is 0 Å². The van der Waals surface area contributed by atoms with Gasteiger partial charge in [-0.05, 0) is 45.0 Å². The molecule has 0 atom stereocenters. The highest BCUT2D eigenvalue weighted by molar-refractivity contribution is 6.39. The Morgan fingerprint density at radius 3 is 2.42 bits per heavy atom. The van der Waals surface area contributed by atoms with Gasteiger partial charge in [-0.25, -0.2) is 9.69 Å². The topological polar surface area (TPSA) is 97.7 Å². The molecule has 1 fully saturated rings. The minimum absolute atomic E-state index is 0.00250. The molecule has 0 bridgehead atoms. The lowest BCUT2D eigenvalue weighted by Crippen LogP contribution is -2.54. The molecule has 0 unspecified atom stereocenters. The molecular weight excluding hydrogens is 422 g/mol. The van der Waals surface area contributed by atoms with E-state index in [1.807, 2.05) is 31.2 Å². The molecule has 1 saturated heterocycles. The number of barbiturate groups is 1. The summed E-state index contributed by atoms with van der Waals surface area (Å²) in [7, 11) is 0. The van der Waals surface area contributed by atoms with Gasteiger partial charge in [-0.1, -0.05) is 35.9 Å². The maximum atomic E-state index is 13.2. The summed E-state index contributed by atoms with van der Waals surface area (Å²) >= 11 is 0. The molecule has 0 saturated carbocycles. The van der Waals surface area contributed by atoms with Crippen molar-refractivity contribution >= 4 is 46.5 Å². The summed E-state index contributed by atoms with van der Waals surface area (Å²) in [6, 6.07) is 13.4. The molecule has 2 heterocycles. The Labute approximate surface area is 190 Å². The van der Waals surface area contributed by atoms with Gasteiger partial charge >= 0.3 is 12.0 Å². The number of anilines is 1. The molecule has 0 radical (unpaired) electrons. The van der Waals surface area contributed by atoms with Crippen molar-refractivity contribution in [2.24, 2.45) is 0 Å². The van der Waals surface area contributed by atoms with Gasteiger partial charge in [-0.15, -0.1) is 0 Å². The van der Waals surface area contributed by atoms with Crippen LogP contribution in [0, 0.1) is 13.8 Å². The SMILES string of the molecule is CCOC(=O)Cn1c(C)c(/C=C2\C(=O)NC(=O)N(c3ccc(C)cc3)C2=O)c2ccccc21. The van der Waals surface area contributed by atoms with E-state index >= 15 is 0 Å². The Bertz CT molecular complexity index is 1320. The summed E-state index contributed by atoms with van der Waals surface area (Å²) in [6.45, 7) is 5.71. The van der Waals surface area contributed by atoms with E-state index in [1.165, 1.54) is 6.08 Å². The van der Waals surface area contributed by atoms with Crippen LogP contribution < -0.4 is 10.2 Å². The molecule has 33 heavy (non-hydrogen) atoms. The molecular formula is C25H23N3O5. The maximum Gasteiger partial charge on any atom is 0.335 e. The third-order valence-corrected chi connectivity index (χ3v) is 5.55. The summed E-state index contributed by atoms with van der Waals surface area (Å²) in [6.07, 6.45) is 1.48. The van der Waals surface area contributed by atoms with Gasteiger partial charge in [0.2, 0.25) is 0 Å². The van der Waals surface area contributed by atoms with Crippen LogP contribution in [0.3, 0.4) is 0 Å². The number of ether oxygens (including phenoxy) is 1. The standard InChI is InChI=1S/C25H23N3O5/c1-4-33-22(29)14-27-16(3)19(18-7-5-6-8-21(18)27)13-20-23(30)26-25(32)28(24(20)31)17-11-9-15(2)10-12-17/h5-13H,4,14H2,1-3H3,(H,26,30,32)/b20-13+. The van der Waals surface area contributed by atoms with Crippen LogP contribution in [0.15, 0.2) is 54.1 Å². The van der Waals surface area contributed by atoms with E-state index in [0.29, 0.717) is 16.9 Å². The van der Waals surface area contributed by atoms with E-state index in [9.17, 15) is 19.2 Å². The first kappa shape index (κ1) is 22.0. The van der Waals surface area contributed by atoms with Crippen molar-refractivity contribution in [3.63, 3.8) is 0 Å². The number of imide groups is 2. The number of aromatic nitrogens is 1. The Balaban J connectivity index is 1.81. The lowest BCUT2D eigenvalue weighted by Gasteiger charge is -2.26. The number of carbonyl (C=O) groups is 4. The second kappa shape index (κ2) is 8.74. The molecule has 0 aliphatic carbocycles. The number of carbonyl (C=O) groups excluding carboxylic acids is 4. The van der Waals surface area contributed by atoms with Gasteiger partial charge in [0.15, 0.2) is 0 Å². The average Bonchev–Trinajstić information content (AvgIpc) is 3.03. The predicted octanol–water partition coefficient (Wildman–Crippen LogP) is 3.49. The van der Waals surface area contributed by atoms with E-state index < -0.39 is 17.8 Å². The Morgan fingerprint density at radius 1 is 1.03 bits per heavy atom. The van der Waals surface area contributed by atoms with Crippen molar-refractivity contribution in [2.45, 2.75) is 27.3 Å². The lowest BCUT2D eigenvalue weighted by atomic mass is 10.0. The molecule has 1 aliphatic heterocycles. The summed E-state index contributed by atoms with van der Waals surface area (Å²) in [5, 5.41) is 3.01. The van der Waals surface area contributed by atoms with E-state index in [-0.39, 0.29) is 24.7 Å². The first-order valence-corrected chi connectivity index (χ1v) is 10.5. The number of aryl methyl sites for hydroxylation is 1. The van der Waals surface area contributed by atoms with E-state index in [4.69, 9.17) is 4.74 Å². The molecule has 1 aromatic heterocycles. The summed E-state index contributed by atoms with van der Waals surface area (Å²) in [5.41, 5.74) is 3.24. The number of urea groups is 1. The lowest BCUT2D eigenvalue weighted by molar-refractivity contribution is -0.143. The fraction of sp³-hybridized carbons (Fsp3) is 0.200. The van der Waals surface area contributed by atoms with Gasteiger partial charge in [0, 0.05) is 22.2 Å². The van der Waals surface area contributed by atoms with Crippen molar-refractivity contribution < 1.29 is 23.9 Å². The Hall–Kier alpha value is -4.20. The van der Waals surface area contributed by atoms with Gasteiger partial charge in [0.05, 0.1) is 12.3 Å². The van der Waals surface area contributed by atoms with Crippen molar-refractivity contribution in [3.05, 3.63) is 70.9 Å². The zero-order chi connectivity index (χ0) is 23.7. The number of amides is 4. The van der Waals surface area contributed by atoms with Gasteiger partial charge < -0.3 is 9.30 Å². The van der Waals surface area contributed by atoms with Crippen LogP contribution in [-0.2, 0) is 25.7 Å². The molecule has 1 aliphatic rings. The number of nitrogens with one attached hydrogen (secondary N) is 1. The number of rotatable bonds is 5. The van der Waals surface area contributed by atoms with Crippen LogP contribution in [0.4, 0.5) is 10.5 Å². The van der Waals surface area contributed by atoms with Crippen LogP contribution >= 0.6 is 0 Å². The van der Waals surface area contributed by atoms with Crippen molar-refractivity contribution in [1.29, 1.82) is 0 Å². The summed E-state index contributed by atoms with van der Waals surface area (Å²) in [4.78, 5) is 51.4. The molecule has 168 valence electrons. The first-order chi connectivity index (χ1) is 15.8. The smallest absolute Gasteiger partial charge is 0.335 e. The first-order valence-electron chi connectivity index (χ1n) is 10.5. The van der Waals surface area contributed by atoms with E-state index in [1.54, 1.807) is 42.7 Å². The molecule has 4 amide bonds. The number of hydrogen-bond donors (Lipinski definition) is 1. The molecule has 8 heteroatoms. The van der Waals surface area contributed by atoms with E-state index in [0.717, 1.165) is 21.4 Å². The molecule has 8 nitrogen and oxygen atoms in total. The van der Waals surface area contributed by atoms with Gasteiger partial charge in [-0.3, -0.25) is 19.7 Å². The van der Waals surface area contributed by atoms with Crippen LogP contribution in [0.5, 0.6) is 0 Å². The fourth-order valence-corrected chi connectivity index (χ4v) is 3.91. The monoisotopic (exact) mass is 445 g/mol. The number of hydrogen-bond acceptors (Lipinski definition) is 5. The summed E-state index contributed by atoms with van der Waals surface area (Å²) < 4.78 is 6.87. The summed E-state index contributed by atoms with van der Waals surface area (Å²) in [5.74, 6) is -1.87. The van der Waals surface area contributed by atoms with Crippen molar-refractivity contribution in [1.82, 2.24) is 9.88 Å². The quantitative estimate of drug-likeness (QED) is 0.368. The molecule has 0 spiro atoms. The highest BCUT2D eigenvalue weighted by atomic mass is 16.5. The van der Waals surface area contributed by atoms with Gasteiger partial charge in [0.1, 0.15) is 12.1 Å².